The molecule has 4 nitrogen and oxygen atoms in total. The molecule has 0 amide bonds. The molecule has 0 aliphatic carbocycles. The van der Waals surface area contributed by atoms with Gasteiger partial charge in [0, 0.05) is 0 Å². The van der Waals surface area contributed by atoms with Crippen LogP contribution in [0.3, 0.4) is 0 Å². The van der Waals surface area contributed by atoms with Gasteiger partial charge in [-0.3, -0.25) is 0 Å². The summed E-state index contributed by atoms with van der Waals surface area (Å²) in [6.45, 7) is 0. The Morgan fingerprint density at radius 2 is 1.89 bits per heavy atom. The number of hydrogen-bond acceptors (Lipinski definition) is 4. The van der Waals surface area contributed by atoms with Gasteiger partial charge < -0.3 is 4.74 Å². The predicted octanol–water partition coefficient (Wildman–Crippen LogP) is -0.596. The van der Waals surface area contributed by atoms with Crippen LogP contribution in [0.15, 0.2) is 0 Å². The summed E-state index contributed by atoms with van der Waals surface area (Å²) in [5.41, 5.74) is 0. The van der Waals surface area contributed by atoms with Crippen molar-refractivity contribution in [3.63, 3.8) is 0 Å². The van der Waals surface area contributed by atoms with Gasteiger partial charge in [0.15, 0.2) is 0 Å². The molecule has 0 aromatic heterocycles. The normalized spacial score (nSPS) is 9.56. The van der Waals surface area contributed by atoms with Crippen LogP contribution in [-0.4, -0.2) is 39.7 Å². The van der Waals surface area contributed by atoms with Crippen LogP contribution in [-0.2, 0) is 15.0 Å². The summed E-state index contributed by atoms with van der Waals surface area (Å²) >= 11 is 0. The van der Waals surface area contributed by atoms with Gasteiger partial charge in [-0.2, -0.15) is 8.42 Å². The second-order valence-corrected chi connectivity index (χ2v) is 2.10. The quantitative estimate of drug-likeness (QED) is 0.263. The van der Waals surface area contributed by atoms with Crippen molar-refractivity contribution in [3.05, 3.63) is 0 Å². The Morgan fingerprint density at radius 1 is 1.56 bits per heavy atom. The second kappa shape index (κ2) is 3.88. The van der Waals surface area contributed by atoms with E-state index in [0.29, 0.717) is 0 Å². The summed E-state index contributed by atoms with van der Waals surface area (Å²) in [4.78, 5) is 9.65. The Hall–Kier alpha value is -0.0526. The summed E-state index contributed by atoms with van der Waals surface area (Å²) in [5.74, 6) is 0. The maximum atomic E-state index is 11.3. The molecule has 7 heteroatoms. The van der Waals surface area contributed by atoms with Crippen molar-refractivity contribution in [2.75, 3.05) is 7.11 Å². The summed E-state index contributed by atoms with van der Waals surface area (Å²) < 4.78 is 33.6. The van der Waals surface area contributed by atoms with E-state index in [4.69, 9.17) is 0 Å². The first-order valence-electron chi connectivity index (χ1n) is 1.51. The van der Waals surface area contributed by atoms with Crippen LogP contribution in [0.1, 0.15) is 0 Å². The van der Waals surface area contributed by atoms with E-state index in [2.05, 4.69) is 4.74 Å². The van der Waals surface area contributed by atoms with Crippen molar-refractivity contribution >= 4 is 34.4 Å². The molecule has 0 aromatic rings. The van der Waals surface area contributed by atoms with E-state index in [1.807, 2.05) is 0 Å². The number of hydrogen-bond donors (Lipinski definition) is 0. The van der Waals surface area contributed by atoms with E-state index in [1.165, 1.54) is 0 Å². The Labute approximate surface area is 63.8 Å². The van der Waals surface area contributed by atoms with E-state index in [9.17, 15) is 17.1 Å². The van der Waals surface area contributed by atoms with Crippen molar-refractivity contribution < 1.29 is 21.8 Å². The molecule has 0 saturated heterocycles. The molecule has 0 rings (SSSR count). The molecule has 50 valence electrons. The molecule has 0 N–H and O–H groups in total. The van der Waals surface area contributed by atoms with Crippen LogP contribution in [0.2, 0.25) is 0 Å². The summed E-state index contributed by atoms with van der Waals surface area (Å²) in [6, 6.07) is 0. The van der Waals surface area contributed by atoms with Gasteiger partial charge in [0.1, 0.15) is 0 Å². The molecule has 0 aliphatic heterocycles. The third kappa shape index (κ3) is 4.45. The van der Waals surface area contributed by atoms with Crippen molar-refractivity contribution in [2.24, 2.45) is 0 Å². The van der Waals surface area contributed by atoms with Gasteiger partial charge in [0.05, 0.1) is 7.11 Å². The number of methoxy groups -OCH3 is 1. The molecular formula is C2H4FLiO4S. The summed E-state index contributed by atoms with van der Waals surface area (Å²) in [6.07, 6.45) is 0. The van der Waals surface area contributed by atoms with E-state index in [-0.39, 0.29) is 18.9 Å². The minimum absolute atomic E-state index is 0. The molecule has 0 spiro atoms. The van der Waals surface area contributed by atoms with Crippen molar-refractivity contribution in [1.29, 1.82) is 0 Å². The number of ether oxygens (including phenoxy) is 1. The number of rotatable bonds is 0. The first-order chi connectivity index (χ1) is 3.48. The molecule has 0 aromatic carbocycles. The fourth-order valence-electron chi connectivity index (χ4n) is 0.0995. The number of carbonyl (C=O) groups excluding carboxylic acids is 1. The fraction of sp³-hybridized carbons (Fsp3) is 0.500. The molecule has 0 unspecified atom stereocenters. The number of halogens is 1. The summed E-state index contributed by atoms with van der Waals surface area (Å²) in [5, 5.41) is -1.86. The molecule has 0 aliphatic rings. The Balaban J connectivity index is 0. The molecule has 0 fully saturated rings. The van der Waals surface area contributed by atoms with Gasteiger partial charge in [0.25, 0.3) is 0 Å². The molecule has 0 heterocycles. The third-order valence-corrected chi connectivity index (χ3v) is 0.931. The molecule has 0 saturated carbocycles. The van der Waals surface area contributed by atoms with Crippen molar-refractivity contribution in [3.8, 4) is 0 Å². The van der Waals surface area contributed by atoms with Gasteiger partial charge in [-0.25, -0.2) is 4.79 Å². The van der Waals surface area contributed by atoms with Gasteiger partial charge in [-0.05, 0) is 0 Å². The first-order valence-corrected chi connectivity index (χ1v) is 2.89. The van der Waals surface area contributed by atoms with Gasteiger partial charge in [0.2, 0.25) is 0 Å². The van der Waals surface area contributed by atoms with E-state index in [1.54, 1.807) is 0 Å². The molecule has 0 bridgehead atoms. The van der Waals surface area contributed by atoms with Crippen molar-refractivity contribution in [1.82, 2.24) is 0 Å². The second-order valence-electron chi connectivity index (χ2n) is 0.892. The molecule has 0 atom stereocenters. The Bertz CT molecular complexity index is 185. The van der Waals surface area contributed by atoms with Gasteiger partial charge >= 0.3 is 34.4 Å². The van der Waals surface area contributed by atoms with Crippen molar-refractivity contribution in [2.45, 2.75) is 0 Å². The molecule has 0 radical (unpaired) electrons. The van der Waals surface area contributed by atoms with Crippen LogP contribution in [0.25, 0.3) is 0 Å². The van der Waals surface area contributed by atoms with Crippen LogP contribution >= 0.6 is 0 Å². The standard InChI is InChI=1S/C2H3FO4S.Li.H/c1-7-2(4)8(3,5)6;;/h1H3;;. The third-order valence-electron chi connectivity index (χ3n) is 0.366. The van der Waals surface area contributed by atoms with Gasteiger partial charge in [-0.15, -0.1) is 0 Å². The molecule has 9 heavy (non-hydrogen) atoms. The van der Waals surface area contributed by atoms with E-state index < -0.39 is 15.5 Å². The maximum absolute atomic E-state index is 11.3. The number of carbonyl (C=O) groups is 1. The average Bonchev–Trinajstić information content (AvgIpc) is 1.62. The Kier molecular flexibility index (Phi) is 5.04. The SMILES string of the molecule is COC(=O)S(=O)(=O)F.[LiH]. The van der Waals surface area contributed by atoms with E-state index in [0.717, 1.165) is 7.11 Å². The van der Waals surface area contributed by atoms with Crippen LogP contribution < -0.4 is 0 Å². The molecular weight excluding hydrogens is 146 g/mol. The van der Waals surface area contributed by atoms with Crippen LogP contribution in [0, 0.1) is 0 Å². The zero-order valence-corrected chi connectivity index (χ0v) is 4.74. The summed E-state index contributed by atoms with van der Waals surface area (Å²) in [7, 11) is -4.34. The zero-order chi connectivity index (χ0) is 6.78. The van der Waals surface area contributed by atoms with E-state index >= 15 is 0 Å². The monoisotopic (exact) mass is 150 g/mol. The van der Waals surface area contributed by atoms with Gasteiger partial charge in [-0.1, -0.05) is 3.89 Å². The predicted molar refractivity (Wildman–Crippen MR) is 29.6 cm³/mol. The Morgan fingerprint density at radius 3 is 1.89 bits per heavy atom. The average molecular weight is 150 g/mol. The topological polar surface area (TPSA) is 60.4 Å². The zero-order valence-electron chi connectivity index (χ0n) is 3.92. The van der Waals surface area contributed by atoms with Crippen LogP contribution in [0.5, 0.6) is 0 Å². The fourth-order valence-corrected chi connectivity index (χ4v) is 0.299. The first kappa shape index (κ1) is 11.7. The van der Waals surface area contributed by atoms with Crippen LogP contribution in [0.4, 0.5) is 8.68 Å². The minimum atomic E-state index is -5.11.